The lowest BCUT2D eigenvalue weighted by Gasteiger charge is -2.13. The van der Waals surface area contributed by atoms with Gasteiger partial charge in [-0.05, 0) is 12.5 Å². The summed E-state index contributed by atoms with van der Waals surface area (Å²) in [4.78, 5) is 0. The highest BCUT2D eigenvalue weighted by Gasteiger charge is 2.15. The molecular weight excluding hydrogens is 209 g/mol. The molecule has 78 valence electrons. The lowest BCUT2D eigenvalue weighted by Crippen LogP contribution is -2.12. The van der Waals surface area contributed by atoms with Crippen molar-refractivity contribution in [3.05, 3.63) is 28.5 Å². The molecule has 1 rings (SSSR count). The van der Waals surface area contributed by atoms with E-state index in [4.69, 9.17) is 22.4 Å². The Hall–Kier alpha value is -0.840. The number of phenolic OH excluding ortho intramolecular Hbond substituents is 1. The first-order valence-electron chi connectivity index (χ1n) is 4.11. The average Bonchev–Trinajstić information content (AvgIpc) is 2.15. The molecule has 1 atom stereocenters. The van der Waals surface area contributed by atoms with Crippen molar-refractivity contribution in [2.75, 3.05) is 6.61 Å². The van der Waals surface area contributed by atoms with Crippen molar-refractivity contribution in [3.63, 3.8) is 0 Å². The molecule has 0 aliphatic rings. The molecule has 14 heavy (non-hydrogen) atoms. The van der Waals surface area contributed by atoms with Gasteiger partial charge >= 0.3 is 0 Å². The van der Waals surface area contributed by atoms with E-state index in [1.165, 1.54) is 6.07 Å². The molecule has 0 aromatic heterocycles. The van der Waals surface area contributed by atoms with E-state index in [9.17, 15) is 9.50 Å². The number of rotatable bonds is 3. The first-order chi connectivity index (χ1) is 6.57. The second-order valence-electron chi connectivity index (χ2n) is 2.92. The summed E-state index contributed by atoms with van der Waals surface area (Å²) < 4.78 is 12.8. The molecule has 0 aliphatic carbocycles. The molecule has 0 saturated heterocycles. The van der Waals surface area contributed by atoms with Gasteiger partial charge < -0.3 is 15.9 Å². The highest BCUT2D eigenvalue weighted by molar-refractivity contribution is 6.32. The third kappa shape index (κ3) is 2.15. The number of hydrogen-bond donors (Lipinski definition) is 3. The van der Waals surface area contributed by atoms with Gasteiger partial charge in [0.2, 0.25) is 0 Å². The molecule has 5 heteroatoms. The van der Waals surface area contributed by atoms with E-state index in [1.54, 1.807) is 0 Å². The lowest BCUT2D eigenvalue weighted by molar-refractivity contribution is 0.275. The Labute approximate surface area is 85.9 Å². The van der Waals surface area contributed by atoms with Crippen LogP contribution in [0, 0.1) is 5.82 Å². The second kappa shape index (κ2) is 4.59. The minimum Gasteiger partial charge on any atom is -0.506 e. The summed E-state index contributed by atoms with van der Waals surface area (Å²) in [5.41, 5.74) is 5.96. The zero-order valence-electron chi connectivity index (χ0n) is 7.37. The van der Waals surface area contributed by atoms with Crippen LogP contribution in [0.1, 0.15) is 18.0 Å². The second-order valence-corrected chi connectivity index (χ2v) is 3.30. The molecule has 0 unspecified atom stereocenters. The summed E-state index contributed by atoms with van der Waals surface area (Å²) in [6.45, 7) is -0.102. The van der Waals surface area contributed by atoms with Gasteiger partial charge in [0.05, 0.1) is 0 Å². The molecule has 0 saturated carbocycles. The molecule has 1 aromatic carbocycles. The summed E-state index contributed by atoms with van der Waals surface area (Å²) in [5.74, 6) is -1.04. The quantitative estimate of drug-likeness (QED) is 0.723. The van der Waals surface area contributed by atoms with Crippen LogP contribution in [0.25, 0.3) is 0 Å². The van der Waals surface area contributed by atoms with Gasteiger partial charge in [-0.1, -0.05) is 17.7 Å². The van der Waals surface area contributed by atoms with Gasteiger partial charge in [-0.25, -0.2) is 4.39 Å². The average molecular weight is 220 g/mol. The van der Waals surface area contributed by atoms with Crippen molar-refractivity contribution in [3.8, 4) is 5.75 Å². The summed E-state index contributed by atoms with van der Waals surface area (Å²) in [5, 5.41) is 17.7. The van der Waals surface area contributed by atoms with Gasteiger partial charge in [-0.15, -0.1) is 0 Å². The maximum Gasteiger partial charge on any atom is 0.145 e. The molecule has 3 nitrogen and oxygen atoms in total. The maximum atomic E-state index is 12.8. The van der Waals surface area contributed by atoms with Crippen LogP contribution in [0.3, 0.4) is 0 Å². The summed E-state index contributed by atoms with van der Waals surface area (Å²) in [7, 11) is 0. The van der Waals surface area contributed by atoms with Gasteiger partial charge in [0.25, 0.3) is 0 Å². The van der Waals surface area contributed by atoms with Gasteiger partial charge in [0.1, 0.15) is 16.6 Å². The smallest absolute Gasteiger partial charge is 0.145 e. The van der Waals surface area contributed by atoms with Crippen LogP contribution in [0.15, 0.2) is 12.1 Å². The van der Waals surface area contributed by atoms with Crippen LogP contribution in [-0.2, 0) is 0 Å². The molecule has 4 N–H and O–H groups in total. The van der Waals surface area contributed by atoms with Crippen LogP contribution in [0.4, 0.5) is 4.39 Å². The molecule has 0 spiro atoms. The van der Waals surface area contributed by atoms with E-state index in [0.29, 0.717) is 5.56 Å². The van der Waals surface area contributed by atoms with Gasteiger partial charge in [0, 0.05) is 18.2 Å². The lowest BCUT2D eigenvalue weighted by atomic mass is 10.0. The fourth-order valence-corrected chi connectivity index (χ4v) is 1.32. The molecule has 1 aromatic rings. The Bertz CT molecular complexity index is 333. The van der Waals surface area contributed by atoms with E-state index >= 15 is 0 Å². The van der Waals surface area contributed by atoms with Crippen LogP contribution < -0.4 is 5.73 Å². The maximum absolute atomic E-state index is 12.8. The van der Waals surface area contributed by atoms with E-state index in [2.05, 4.69) is 0 Å². The first kappa shape index (κ1) is 11.2. The summed E-state index contributed by atoms with van der Waals surface area (Å²) in [6.07, 6.45) is 0.287. The minimum absolute atomic E-state index is 0.102. The number of hydrogen-bond acceptors (Lipinski definition) is 3. The monoisotopic (exact) mass is 219 g/mol. The van der Waals surface area contributed by atoms with E-state index in [1.807, 2.05) is 0 Å². The molecule has 0 fully saturated rings. The van der Waals surface area contributed by atoms with Crippen molar-refractivity contribution >= 4 is 11.6 Å². The molecule has 0 heterocycles. The number of nitrogens with two attached hydrogens (primary N) is 1. The number of benzene rings is 1. The van der Waals surface area contributed by atoms with Crippen molar-refractivity contribution in [2.45, 2.75) is 12.5 Å². The van der Waals surface area contributed by atoms with Crippen LogP contribution in [-0.4, -0.2) is 16.8 Å². The molecule has 0 aliphatic heterocycles. The number of halogens is 2. The predicted octanol–water partition coefficient (Wildman–Crippen LogP) is 1.57. The third-order valence-electron chi connectivity index (χ3n) is 1.94. The summed E-state index contributed by atoms with van der Waals surface area (Å²) in [6, 6.07) is 1.95. The largest absolute Gasteiger partial charge is 0.506 e. The fraction of sp³-hybridized carbons (Fsp3) is 0.333. The predicted molar refractivity (Wildman–Crippen MR) is 51.7 cm³/mol. The van der Waals surface area contributed by atoms with Crippen LogP contribution >= 0.6 is 11.6 Å². The molecule has 0 bridgehead atoms. The molecule has 0 amide bonds. The van der Waals surface area contributed by atoms with Gasteiger partial charge in [0.15, 0.2) is 0 Å². The van der Waals surface area contributed by atoms with Crippen molar-refractivity contribution in [1.29, 1.82) is 0 Å². The normalized spacial score (nSPS) is 12.9. The SMILES string of the molecule is N[C@@H](CCO)c1ccc(F)c(Cl)c1O. The topological polar surface area (TPSA) is 66.5 Å². The zero-order chi connectivity index (χ0) is 10.7. The number of aliphatic hydroxyl groups is 1. The highest BCUT2D eigenvalue weighted by atomic mass is 35.5. The van der Waals surface area contributed by atoms with E-state index < -0.39 is 11.9 Å². The Balaban J connectivity index is 3.04. The van der Waals surface area contributed by atoms with Crippen LogP contribution in [0.5, 0.6) is 5.75 Å². The zero-order valence-corrected chi connectivity index (χ0v) is 8.13. The number of phenols is 1. The Morgan fingerprint density at radius 1 is 1.50 bits per heavy atom. The van der Waals surface area contributed by atoms with E-state index in [-0.39, 0.29) is 23.8 Å². The van der Waals surface area contributed by atoms with Gasteiger partial charge in [-0.2, -0.15) is 0 Å². The first-order valence-corrected chi connectivity index (χ1v) is 4.49. The molecular formula is C9H11ClFNO2. The minimum atomic E-state index is -0.691. The Morgan fingerprint density at radius 2 is 2.14 bits per heavy atom. The number of aromatic hydroxyl groups is 1. The standard InChI is InChI=1S/C9H11ClFNO2/c10-8-6(11)2-1-5(9(8)14)7(12)3-4-13/h1-2,7,13-14H,3-4,12H2/t7-/m0/s1. The number of aliphatic hydroxyl groups excluding tert-OH is 1. The molecule has 0 radical (unpaired) electrons. The van der Waals surface area contributed by atoms with E-state index in [0.717, 1.165) is 6.07 Å². The Morgan fingerprint density at radius 3 is 2.71 bits per heavy atom. The van der Waals surface area contributed by atoms with Crippen LogP contribution in [0.2, 0.25) is 5.02 Å². The van der Waals surface area contributed by atoms with Crippen molar-refractivity contribution in [2.24, 2.45) is 5.73 Å². The highest BCUT2D eigenvalue weighted by Crippen LogP contribution is 2.33. The van der Waals surface area contributed by atoms with Crippen molar-refractivity contribution < 1.29 is 14.6 Å². The fourth-order valence-electron chi connectivity index (χ4n) is 1.15. The Kier molecular flexibility index (Phi) is 3.69. The van der Waals surface area contributed by atoms with Crippen molar-refractivity contribution in [1.82, 2.24) is 0 Å². The third-order valence-corrected chi connectivity index (χ3v) is 2.30. The van der Waals surface area contributed by atoms with Gasteiger partial charge in [-0.3, -0.25) is 0 Å². The summed E-state index contributed by atoms with van der Waals surface area (Å²) >= 11 is 5.48.